The fourth-order valence-corrected chi connectivity index (χ4v) is 0.798. The Kier molecular flexibility index (Phi) is 0.913. The molecular weight excluding hydrogens is 130 g/mol. The number of aryl methyl sites for hydroxylation is 1. The average Bonchev–Trinajstić information content (AvgIpc) is 2.34. The summed E-state index contributed by atoms with van der Waals surface area (Å²) in [5, 5.41) is 15.0. The molecule has 2 aromatic heterocycles. The van der Waals surface area contributed by atoms with Crippen LogP contribution in [0.15, 0.2) is 12.4 Å². The number of hydrogen-bond acceptors (Lipinski definition) is 4. The number of rotatable bonds is 0. The highest BCUT2D eigenvalue weighted by molar-refractivity contribution is 5.71. The third-order valence-electron chi connectivity index (χ3n) is 1.32. The molecule has 2 rings (SSSR count). The third kappa shape index (κ3) is 0.570. The lowest BCUT2D eigenvalue weighted by molar-refractivity contribution is 0.735. The fraction of sp³-hybridized carbons (Fsp3) is 0.200. The zero-order chi connectivity index (χ0) is 6.97. The predicted octanol–water partition coefficient (Wildman–Crippen LogP) is -0.242. The van der Waals surface area contributed by atoms with Crippen molar-refractivity contribution in [3.8, 4) is 0 Å². The zero-order valence-corrected chi connectivity index (χ0v) is 5.39. The van der Waals surface area contributed by atoms with Crippen molar-refractivity contribution in [2.75, 3.05) is 0 Å². The van der Waals surface area contributed by atoms with Gasteiger partial charge in [0.05, 0.1) is 12.4 Å². The average molecular weight is 135 g/mol. The molecule has 10 heavy (non-hydrogen) atoms. The lowest BCUT2D eigenvalue weighted by Crippen LogP contribution is -1.89. The molecular formula is C5H5N5. The van der Waals surface area contributed by atoms with Crippen molar-refractivity contribution in [3.63, 3.8) is 0 Å². The van der Waals surface area contributed by atoms with Gasteiger partial charge in [0, 0.05) is 7.05 Å². The Balaban J connectivity index is 2.93. The van der Waals surface area contributed by atoms with Gasteiger partial charge in [0.25, 0.3) is 0 Å². The van der Waals surface area contributed by atoms with Crippen LogP contribution in [0.5, 0.6) is 0 Å². The number of aromatic nitrogens is 5. The van der Waals surface area contributed by atoms with E-state index in [1.54, 1.807) is 17.1 Å². The Hall–Kier alpha value is -1.52. The van der Waals surface area contributed by atoms with Crippen molar-refractivity contribution in [2.45, 2.75) is 0 Å². The molecule has 0 aliphatic carbocycles. The van der Waals surface area contributed by atoms with Gasteiger partial charge in [-0.1, -0.05) is 5.21 Å². The summed E-state index contributed by atoms with van der Waals surface area (Å²) in [4.78, 5) is 0. The van der Waals surface area contributed by atoms with Crippen molar-refractivity contribution in [2.24, 2.45) is 7.05 Å². The summed E-state index contributed by atoms with van der Waals surface area (Å²) < 4.78 is 1.66. The molecule has 2 heterocycles. The van der Waals surface area contributed by atoms with E-state index in [9.17, 15) is 0 Å². The molecule has 0 aliphatic rings. The molecule has 50 valence electrons. The quantitative estimate of drug-likeness (QED) is 0.500. The molecule has 0 unspecified atom stereocenters. The van der Waals surface area contributed by atoms with Crippen LogP contribution in [-0.2, 0) is 7.05 Å². The monoisotopic (exact) mass is 135 g/mol. The van der Waals surface area contributed by atoms with Gasteiger partial charge in [0.1, 0.15) is 11.0 Å². The van der Waals surface area contributed by atoms with E-state index in [1.165, 1.54) is 0 Å². The lowest BCUT2D eigenvalue weighted by Gasteiger charge is -1.85. The van der Waals surface area contributed by atoms with Crippen molar-refractivity contribution < 1.29 is 0 Å². The molecule has 0 saturated carbocycles. The summed E-state index contributed by atoms with van der Waals surface area (Å²) in [7, 11) is 1.82. The largest absolute Gasteiger partial charge is 0.246 e. The minimum atomic E-state index is 0.775. The van der Waals surface area contributed by atoms with Gasteiger partial charge in [0.15, 0.2) is 0 Å². The molecule has 0 N–H and O–H groups in total. The number of nitrogens with zero attached hydrogens (tertiary/aromatic N) is 5. The first-order chi connectivity index (χ1) is 4.88. The summed E-state index contributed by atoms with van der Waals surface area (Å²) in [6.07, 6.45) is 3.22. The normalized spacial score (nSPS) is 10.5. The SMILES string of the molecule is Cn1nnc2cnncc21. The van der Waals surface area contributed by atoms with Gasteiger partial charge < -0.3 is 0 Å². The maximum atomic E-state index is 3.83. The summed E-state index contributed by atoms with van der Waals surface area (Å²) in [5.41, 5.74) is 1.67. The summed E-state index contributed by atoms with van der Waals surface area (Å²) >= 11 is 0. The molecule has 0 amide bonds. The first kappa shape index (κ1) is 5.28. The van der Waals surface area contributed by atoms with E-state index in [-0.39, 0.29) is 0 Å². The summed E-state index contributed by atoms with van der Waals surface area (Å²) in [6, 6.07) is 0. The van der Waals surface area contributed by atoms with Crippen molar-refractivity contribution in [1.29, 1.82) is 0 Å². The van der Waals surface area contributed by atoms with E-state index in [2.05, 4.69) is 20.5 Å². The van der Waals surface area contributed by atoms with Crippen molar-refractivity contribution >= 4 is 11.0 Å². The van der Waals surface area contributed by atoms with Crippen LogP contribution in [0.4, 0.5) is 0 Å². The molecule has 0 fully saturated rings. The Morgan fingerprint density at radius 1 is 1.30 bits per heavy atom. The van der Waals surface area contributed by atoms with E-state index in [1.807, 2.05) is 7.05 Å². The molecule has 0 atom stereocenters. The molecule has 0 saturated heterocycles. The van der Waals surface area contributed by atoms with Crippen LogP contribution in [-0.4, -0.2) is 25.2 Å². The van der Waals surface area contributed by atoms with Gasteiger partial charge in [-0.2, -0.15) is 10.2 Å². The predicted molar refractivity (Wildman–Crippen MR) is 34.1 cm³/mol. The van der Waals surface area contributed by atoms with Gasteiger partial charge in [-0.25, -0.2) is 4.68 Å². The molecule has 0 spiro atoms. The highest BCUT2D eigenvalue weighted by Gasteiger charge is 1.97. The number of hydrogen-bond donors (Lipinski definition) is 0. The second-order valence-corrected chi connectivity index (χ2v) is 1.97. The third-order valence-corrected chi connectivity index (χ3v) is 1.32. The van der Waals surface area contributed by atoms with Crippen molar-refractivity contribution in [1.82, 2.24) is 25.2 Å². The van der Waals surface area contributed by atoms with Crippen LogP contribution < -0.4 is 0 Å². The summed E-state index contributed by atoms with van der Waals surface area (Å²) in [6.45, 7) is 0. The molecule has 2 aromatic rings. The second kappa shape index (κ2) is 1.73. The van der Waals surface area contributed by atoms with Gasteiger partial charge in [0.2, 0.25) is 0 Å². The Labute approximate surface area is 56.7 Å². The molecule has 0 radical (unpaired) electrons. The van der Waals surface area contributed by atoms with Gasteiger partial charge in [-0.15, -0.1) is 5.10 Å². The smallest absolute Gasteiger partial charge is 0.134 e. The molecule has 0 aromatic carbocycles. The fourth-order valence-electron chi connectivity index (χ4n) is 0.798. The van der Waals surface area contributed by atoms with E-state index in [4.69, 9.17) is 0 Å². The van der Waals surface area contributed by atoms with Crippen LogP contribution in [0.3, 0.4) is 0 Å². The molecule has 0 bridgehead atoms. The maximum Gasteiger partial charge on any atom is 0.134 e. The molecule has 5 nitrogen and oxygen atoms in total. The minimum absolute atomic E-state index is 0.775. The maximum absolute atomic E-state index is 3.83. The van der Waals surface area contributed by atoms with E-state index < -0.39 is 0 Å². The van der Waals surface area contributed by atoms with E-state index in [0.29, 0.717) is 0 Å². The van der Waals surface area contributed by atoms with Crippen LogP contribution in [0.1, 0.15) is 0 Å². The Bertz CT molecular complexity index is 352. The van der Waals surface area contributed by atoms with E-state index in [0.717, 1.165) is 11.0 Å². The lowest BCUT2D eigenvalue weighted by atomic mass is 10.5. The topological polar surface area (TPSA) is 56.5 Å². The highest BCUT2D eigenvalue weighted by Crippen LogP contribution is 2.02. The number of fused-ring (bicyclic) bond motifs is 1. The van der Waals surface area contributed by atoms with Crippen LogP contribution in [0.2, 0.25) is 0 Å². The van der Waals surface area contributed by atoms with Crippen molar-refractivity contribution in [3.05, 3.63) is 12.4 Å². The standard InChI is InChI=1S/C5H5N5/c1-10-5-3-7-6-2-4(5)8-9-10/h2-3H,1H3. The van der Waals surface area contributed by atoms with Gasteiger partial charge in [-0.05, 0) is 0 Å². The van der Waals surface area contributed by atoms with Gasteiger partial charge in [-0.3, -0.25) is 0 Å². The first-order valence-corrected chi connectivity index (χ1v) is 2.84. The Morgan fingerprint density at radius 3 is 2.90 bits per heavy atom. The first-order valence-electron chi connectivity index (χ1n) is 2.84. The van der Waals surface area contributed by atoms with E-state index >= 15 is 0 Å². The summed E-state index contributed by atoms with van der Waals surface area (Å²) in [5.74, 6) is 0. The van der Waals surface area contributed by atoms with Crippen LogP contribution >= 0.6 is 0 Å². The minimum Gasteiger partial charge on any atom is -0.246 e. The Morgan fingerprint density at radius 2 is 2.10 bits per heavy atom. The second-order valence-electron chi connectivity index (χ2n) is 1.97. The van der Waals surface area contributed by atoms with Crippen LogP contribution in [0.25, 0.3) is 11.0 Å². The highest BCUT2D eigenvalue weighted by atomic mass is 15.4. The van der Waals surface area contributed by atoms with Crippen LogP contribution in [0, 0.1) is 0 Å². The molecule has 5 heteroatoms. The van der Waals surface area contributed by atoms with Gasteiger partial charge >= 0.3 is 0 Å². The molecule has 0 aliphatic heterocycles. The zero-order valence-electron chi connectivity index (χ0n) is 5.39.